The Bertz CT molecular complexity index is 1060. The SMILES string of the molecule is CONc1nc(C#CC#CCCCC#N)nc2c1ncn2C1OC(CO)C(O)C1O. The van der Waals surface area contributed by atoms with E-state index in [1.54, 1.807) is 0 Å². The van der Waals surface area contributed by atoms with E-state index in [0.29, 0.717) is 24.8 Å². The molecule has 0 spiro atoms. The van der Waals surface area contributed by atoms with Gasteiger partial charge in [0, 0.05) is 12.8 Å². The average Bonchev–Trinajstić information content (AvgIpc) is 3.29. The van der Waals surface area contributed by atoms with Gasteiger partial charge < -0.3 is 20.1 Å². The highest BCUT2D eigenvalue weighted by Crippen LogP contribution is 2.32. The Hall–Kier alpha value is -3.24. The van der Waals surface area contributed by atoms with Crippen molar-refractivity contribution in [2.24, 2.45) is 0 Å². The van der Waals surface area contributed by atoms with Crippen molar-refractivity contribution in [3.05, 3.63) is 12.2 Å². The van der Waals surface area contributed by atoms with Gasteiger partial charge in [-0.2, -0.15) is 10.2 Å². The molecule has 1 saturated heterocycles. The first-order valence-corrected chi connectivity index (χ1v) is 9.12. The van der Waals surface area contributed by atoms with Gasteiger partial charge in [0.05, 0.1) is 26.1 Å². The highest BCUT2D eigenvalue weighted by molar-refractivity contribution is 5.83. The molecule has 3 heterocycles. The number of aliphatic hydroxyl groups excluding tert-OH is 3. The van der Waals surface area contributed by atoms with Gasteiger partial charge in [-0.3, -0.25) is 9.40 Å². The fourth-order valence-electron chi connectivity index (χ4n) is 2.89. The highest BCUT2D eigenvalue weighted by atomic mass is 16.6. The van der Waals surface area contributed by atoms with Gasteiger partial charge in [-0.1, -0.05) is 5.92 Å². The van der Waals surface area contributed by atoms with E-state index in [-0.39, 0.29) is 17.3 Å². The summed E-state index contributed by atoms with van der Waals surface area (Å²) in [6, 6.07) is 2.05. The summed E-state index contributed by atoms with van der Waals surface area (Å²) in [5.74, 6) is 11.3. The fraction of sp³-hybridized carbons (Fsp3) is 0.474. The standard InChI is InChI=1S/C19H20N6O5/c1-29-24-17-14-18(23-13(22-17)8-6-4-2-3-5-7-9-20)25(11-21-14)19-16(28)15(27)12(10-26)30-19/h11-12,15-16,19,26-28H,3,5,7,10H2,1H3,(H,22,23,24). The molecule has 3 rings (SSSR count). The Labute approximate surface area is 172 Å². The number of fused-ring (bicyclic) bond motifs is 1. The normalized spacial score (nSPS) is 22.6. The van der Waals surface area contributed by atoms with Gasteiger partial charge in [0.2, 0.25) is 5.82 Å². The van der Waals surface area contributed by atoms with Gasteiger partial charge in [0.15, 0.2) is 23.2 Å². The maximum atomic E-state index is 10.3. The van der Waals surface area contributed by atoms with Crippen LogP contribution in [0.2, 0.25) is 0 Å². The number of aliphatic hydroxyl groups is 3. The minimum absolute atomic E-state index is 0.127. The molecule has 0 saturated carbocycles. The van der Waals surface area contributed by atoms with Crippen molar-refractivity contribution in [1.82, 2.24) is 19.5 Å². The molecule has 0 bridgehead atoms. The van der Waals surface area contributed by atoms with Crippen molar-refractivity contribution < 1.29 is 24.9 Å². The van der Waals surface area contributed by atoms with Gasteiger partial charge >= 0.3 is 0 Å². The van der Waals surface area contributed by atoms with Crippen LogP contribution in [0.25, 0.3) is 11.2 Å². The molecular formula is C19H20N6O5. The number of unbranched alkanes of at least 4 members (excludes halogenated alkanes) is 2. The number of ether oxygens (including phenoxy) is 1. The van der Waals surface area contributed by atoms with E-state index in [1.165, 1.54) is 18.0 Å². The molecule has 2 aromatic rings. The first-order valence-electron chi connectivity index (χ1n) is 9.12. The second kappa shape index (κ2) is 9.99. The second-order valence-electron chi connectivity index (χ2n) is 6.32. The Kier molecular flexibility index (Phi) is 7.15. The van der Waals surface area contributed by atoms with E-state index < -0.39 is 31.1 Å². The molecule has 2 aromatic heterocycles. The third-order valence-corrected chi connectivity index (χ3v) is 4.33. The molecule has 1 fully saturated rings. The van der Waals surface area contributed by atoms with E-state index in [9.17, 15) is 15.3 Å². The predicted molar refractivity (Wildman–Crippen MR) is 103 cm³/mol. The van der Waals surface area contributed by atoms with Crippen molar-refractivity contribution in [1.29, 1.82) is 5.26 Å². The van der Waals surface area contributed by atoms with Crippen LogP contribution in [0.1, 0.15) is 31.3 Å². The van der Waals surface area contributed by atoms with E-state index in [0.717, 1.165) is 0 Å². The lowest BCUT2D eigenvalue weighted by molar-refractivity contribution is -0.0511. The van der Waals surface area contributed by atoms with Crippen LogP contribution in [-0.2, 0) is 9.57 Å². The molecule has 0 amide bonds. The number of rotatable bonds is 6. The molecular weight excluding hydrogens is 392 g/mol. The molecule has 1 aliphatic heterocycles. The zero-order chi connectivity index (χ0) is 21.5. The predicted octanol–water partition coefficient (Wildman–Crippen LogP) is -0.540. The molecule has 4 unspecified atom stereocenters. The number of hydrogen-bond acceptors (Lipinski definition) is 10. The third kappa shape index (κ3) is 4.50. The van der Waals surface area contributed by atoms with Crippen molar-refractivity contribution in [2.75, 3.05) is 19.2 Å². The second-order valence-corrected chi connectivity index (χ2v) is 6.32. The van der Waals surface area contributed by atoms with E-state index in [1.807, 2.05) is 6.07 Å². The highest BCUT2D eigenvalue weighted by Gasteiger charge is 2.44. The molecule has 4 atom stereocenters. The van der Waals surface area contributed by atoms with Crippen LogP contribution in [0, 0.1) is 35.0 Å². The number of hydrogen-bond donors (Lipinski definition) is 4. The number of nitrogens with one attached hydrogen (secondary N) is 1. The summed E-state index contributed by atoms with van der Waals surface area (Å²) in [4.78, 5) is 17.8. The topological polar surface area (TPSA) is 159 Å². The van der Waals surface area contributed by atoms with E-state index in [4.69, 9.17) is 14.8 Å². The Balaban J connectivity index is 1.93. The number of nitrogens with zero attached hydrogens (tertiary/aromatic N) is 5. The largest absolute Gasteiger partial charge is 0.394 e. The van der Waals surface area contributed by atoms with Crippen LogP contribution in [0.4, 0.5) is 5.82 Å². The quantitative estimate of drug-likeness (QED) is 0.276. The summed E-state index contributed by atoms with van der Waals surface area (Å²) in [5.41, 5.74) is 3.22. The van der Waals surface area contributed by atoms with Gasteiger partial charge in [-0.25, -0.2) is 15.4 Å². The van der Waals surface area contributed by atoms with Gasteiger partial charge in [0.25, 0.3) is 0 Å². The molecule has 30 heavy (non-hydrogen) atoms. The van der Waals surface area contributed by atoms with Crippen LogP contribution in [-0.4, -0.2) is 66.9 Å². The van der Waals surface area contributed by atoms with Crippen LogP contribution >= 0.6 is 0 Å². The number of nitriles is 1. The molecule has 4 N–H and O–H groups in total. The summed E-state index contributed by atoms with van der Waals surface area (Å²) in [6.45, 7) is -0.448. The van der Waals surface area contributed by atoms with Gasteiger partial charge in [0.1, 0.15) is 18.3 Å². The zero-order valence-corrected chi connectivity index (χ0v) is 16.1. The summed E-state index contributed by atoms with van der Waals surface area (Å²) in [5, 5.41) is 38.1. The van der Waals surface area contributed by atoms with Crippen molar-refractivity contribution in [3.8, 4) is 29.8 Å². The maximum Gasteiger partial charge on any atom is 0.210 e. The van der Waals surface area contributed by atoms with Gasteiger partial charge in [-0.05, 0) is 24.2 Å². The van der Waals surface area contributed by atoms with Crippen molar-refractivity contribution >= 4 is 17.0 Å². The van der Waals surface area contributed by atoms with Crippen LogP contribution in [0.3, 0.4) is 0 Å². The van der Waals surface area contributed by atoms with Gasteiger partial charge in [-0.15, -0.1) is 0 Å². The number of anilines is 1. The summed E-state index contributed by atoms with van der Waals surface area (Å²) >= 11 is 0. The monoisotopic (exact) mass is 412 g/mol. The Morgan fingerprint density at radius 1 is 1.27 bits per heavy atom. The summed E-state index contributed by atoms with van der Waals surface area (Å²) < 4.78 is 6.98. The lowest BCUT2D eigenvalue weighted by atomic mass is 10.1. The zero-order valence-electron chi connectivity index (χ0n) is 16.1. The molecule has 1 aliphatic rings. The molecule has 0 aromatic carbocycles. The minimum Gasteiger partial charge on any atom is -0.394 e. The number of imidazole rings is 1. The smallest absolute Gasteiger partial charge is 0.210 e. The molecule has 156 valence electrons. The molecule has 11 nitrogen and oxygen atoms in total. The number of aromatic nitrogens is 4. The molecule has 11 heteroatoms. The van der Waals surface area contributed by atoms with Crippen molar-refractivity contribution in [2.45, 2.75) is 43.8 Å². The first kappa shape index (κ1) is 21.5. The first-order chi connectivity index (χ1) is 14.6. The van der Waals surface area contributed by atoms with E-state index in [2.05, 4.69) is 44.1 Å². The molecule has 0 radical (unpaired) electrons. The summed E-state index contributed by atoms with van der Waals surface area (Å²) in [7, 11) is 1.41. The van der Waals surface area contributed by atoms with Crippen LogP contribution < -0.4 is 5.48 Å². The van der Waals surface area contributed by atoms with Crippen LogP contribution in [0.15, 0.2) is 6.33 Å². The Morgan fingerprint density at radius 3 is 2.80 bits per heavy atom. The lowest BCUT2D eigenvalue weighted by Gasteiger charge is -2.16. The maximum absolute atomic E-state index is 10.3. The Morgan fingerprint density at radius 2 is 2.10 bits per heavy atom. The minimum atomic E-state index is -1.29. The van der Waals surface area contributed by atoms with Crippen LogP contribution in [0.5, 0.6) is 0 Å². The van der Waals surface area contributed by atoms with E-state index >= 15 is 0 Å². The third-order valence-electron chi connectivity index (χ3n) is 4.33. The average molecular weight is 412 g/mol. The van der Waals surface area contributed by atoms with Crippen molar-refractivity contribution in [3.63, 3.8) is 0 Å². The molecule has 0 aliphatic carbocycles. The lowest BCUT2D eigenvalue weighted by Crippen LogP contribution is -2.33. The fourth-order valence-corrected chi connectivity index (χ4v) is 2.89. The summed E-state index contributed by atoms with van der Waals surface area (Å²) in [6.07, 6.45) is -1.42.